The Morgan fingerprint density at radius 3 is 2.78 bits per heavy atom. The van der Waals surface area contributed by atoms with E-state index < -0.39 is 24.4 Å². The number of aliphatic hydroxyl groups excluding tert-OH is 2. The van der Waals surface area contributed by atoms with E-state index in [1.807, 2.05) is 13.8 Å². The van der Waals surface area contributed by atoms with E-state index in [0.29, 0.717) is 0 Å². The third kappa shape index (κ3) is 3.91. The second-order valence-corrected chi connectivity index (χ2v) is 4.67. The van der Waals surface area contributed by atoms with Crippen molar-refractivity contribution in [3.63, 3.8) is 0 Å². The van der Waals surface area contributed by atoms with Crippen LogP contribution in [-0.2, 0) is 14.3 Å². The van der Waals surface area contributed by atoms with E-state index in [1.165, 1.54) is 6.92 Å². The first-order valence-electron chi connectivity index (χ1n) is 6.32. The molecule has 0 aliphatic carbocycles. The monoisotopic (exact) mass is 261 g/mol. The van der Waals surface area contributed by atoms with Crippen LogP contribution in [0.25, 0.3) is 0 Å². The highest BCUT2D eigenvalue weighted by molar-refractivity contribution is 5.73. The lowest BCUT2D eigenvalue weighted by atomic mass is 9.97. The Labute approximate surface area is 107 Å². The third-order valence-corrected chi connectivity index (χ3v) is 3.14. The molecule has 1 heterocycles. The van der Waals surface area contributed by atoms with Crippen LogP contribution < -0.4 is 5.32 Å². The zero-order valence-electron chi connectivity index (χ0n) is 11.1. The molecule has 3 N–H and O–H groups in total. The number of ether oxygens (including phenoxy) is 2. The highest BCUT2D eigenvalue weighted by Crippen LogP contribution is 2.20. The van der Waals surface area contributed by atoms with Crippen LogP contribution in [0.2, 0.25) is 0 Å². The summed E-state index contributed by atoms with van der Waals surface area (Å²) < 4.78 is 11.1. The molecule has 1 aliphatic heterocycles. The first-order valence-corrected chi connectivity index (χ1v) is 6.32. The largest absolute Gasteiger partial charge is 0.394 e. The van der Waals surface area contributed by atoms with Crippen molar-refractivity contribution in [1.82, 2.24) is 5.32 Å². The number of nitrogens with one attached hydrogen (secondary N) is 1. The molecule has 5 unspecified atom stereocenters. The minimum Gasteiger partial charge on any atom is -0.394 e. The first kappa shape index (κ1) is 15.4. The number of hydrogen-bond acceptors (Lipinski definition) is 5. The van der Waals surface area contributed by atoms with Crippen LogP contribution in [0.4, 0.5) is 0 Å². The fourth-order valence-corrected chi connectivity index (χ4v) is 1.95. The van der Waals surface area contributed by atoms with Gasteiger partial charge in [0.05, 0.1) is 25.4 Å². The second-order valence-electron chi connectivity index (χ2n) is 4.67. The molecule has 5 atom stereocenters. The summed E-state index contributed by atoms with van der Waals surface area (Å²) in [6.07, 6.45) is -1.31. The van der Waals surface area contributed by atoms with Crippen molar-refractivity contribution < 1.29 is 24.5 Å². The molecule has 1 rings (SSSR count). The van der Waals surface area contributed by atoms with Gasteiger partial charge in [-0.25, -0.2) is 0 Å². The molecule has 0 radical (unpaired) electrons. The lowest BCUT2D eigenvalue weighted by Crippen LogP contribution is -2.61. The molecular weight excluding hydrogens is 238 g/mol. The molecule has 106 valence electrons. The Morgan fingerprint density at radius 2 is 2.28 bits per heavy atom. The second kappa shape index (κ2) is 7.04. The summed E-state index contributed by atoms with van der Waals surface area (Å²) in [6.45, 7) is 5.20. The minimum absolute atomic E-state index is 0.0432. The highest BCUT2D eigenvalue weighted by atomic mass is 16.6. The van der Waals surface area contributed by atoms with Gasteiger partial charge in [0.25, 0.3) is 0 Å². The molecule has 1 aliphatic rings. The van der Waals surface area contributed by atoms with Crippen molar-refractivity contribution >= 4 is 5.91 Å². The minimum atomic E-state index is -0.881. The molecule has 18 heavy (non-hydrogen) atoms. The van der Waals surface area contributed by atoms with Crippen molar-refractivity contribution in [3.8, 4) is 0 Å². The van der Waals surface area contributed by atoms with Gasteiger partial charge in [-0.05, 0) is 13.3 Å². The van der Waals surface area contributed by atoms with Gasteiger partial charge in [0, 0.05) is 6.92 Å². The zero-order chi connectivity index (χ0) is 13.7. The van der Waals surface area contributed by atoms with Gasteiger partial charge in [-0.15, -0.1) is 0 Å². The van der Waals surface area contributed by atoms with E-state index in [0.717, 1.165) is 6.42 Å². The van der Waals surface area contributed by atoms with Gasteiger partial charge in [0.1, 0.15) is 18.3 Å². The topological polar surface area (TPSA) is 88.0 Å². The Hall–Kier alpha value is -0.690. The fraction of sp³-hybridized carbons (Fsp3) is 0.917. The normalized spacial score (nSPS) is 34.1. The van der Waals surface area contributed by atoms with E-state index >= 15 is 0 Å². The SMILES string of the molecule is CCC(C)OC1C(CO)OCC(NC(C)=O)C1O. The molecule has 1 fully saturated rings. The van der Waals surface area contributed by atoms with Gasteiger partial charge in [-0.2, -0.15) is 0 Å². The van der Waals surface area contributed by atoms with Crippen molar-refractivity contribution in [2.24, 2.45) is 0 Å². The van der Waals surface area contributed by atoms with E-state index in [9.17, 15) is 15.0 Å². The van der Waals surface area contributed by atoms with Crippen LogP contribution in [-0.4, -0.2) is 59.8 Å². The Bertz CT molecular complexity index is 273. The molecule has 0 aromatic heterocycles. The van der Waals surface area contributed by atoms with Crippen LogP contribution in [0.15, 0.2) is 0 Å². The van der Waals surface area contributed by atoms with E-state index in [4.69, 9.17) is 9.47 Å². The molecule has 0 aromatic carbocycles. The van der Waals surface area contributed by atoms with Gasteiger partial charge in [0.2, 0.25) is 5.91 Å². The van der Waals surface area contributed by atoms with Crippen LogP contribution in [0, 0.1) is 0 Å². The predicted octanol–water partition coefficient (Wildman–Crippen LogP) is -0.573. The van der Waals surface area contributed by atoms with Crippen LogP contribution >= 0.6 is 0 Å². The molecule has 0 spiro atoms. The molecular formula is C12H23NO5. The summed E-state index contributed by atoms with van der Waals surface area (Å²) in [7, 11) is 0. The van der Waals surface area contributed by atoms with Gasteiger partial charge in [0.15, 0.2) is 0 Å². The first-order chi connectivity index (χ1) is 8.49. The molecule has 6 heteroatoms. The maximum absolute atomic E-state index is 11.0. The maximum Gasteiger partial charge on any atom is 0.217 e. The summed E-state index contributed by atoms with van der Waals surface area (Å²) in [4.78, 5) is 11.0. The molecule has 0 aromatic rings. The quantitative estimate of drug-likeness (QED) is 0.616. The smallest absolute Gasteiger partial charge is 0.217 e. The van der Waals surface area contributed by atoms with E-state index in [2.05, 4.69) is 5.32 Å². The number of carbonyl (C=O) groups excluding carboxylic acids is 1. The van der Waals surface area contributed by atoms with E-state index in [-0.39, 0.29) is 25.2 Å². The molecule has 0 bridgehead atoms. The summed E-state index contributed by atoms with van der Waals surface area (Å²) in [5, 5.41) is 22.0. The zero-order valence-corrected chi connectivity index (χ0v) is 11.1. The third-order valence-electron chi connectivity index (χ3n) is 3.14. The summed E-state index contributed by atoms with van der Waals surface area (Å²) in [5.74, 6) is -0.229. The highest BCUT2D eigenvalue weighted by Gasteiger charge is 2.41. The number of aliphatic hydroxyl groups is 2. The Balaban J connectivity index is 2.69. The lowest BCUT2D eigenvalue weighted by molar-refractivity contribution is -0.196. The summed E-state index contributed by atoms with van der Waals surface area (Å²) in [6, 6.07) is -0.501. The van der Waals surface area contributed by atoms with Crippen molar-refractivity contribution in [3.05, 3.63) is 0 Å². The summed E-state index contributed by atoms with van der Waals surface area (Å²) >= 11 is 0. The average molecular weight is 261 g/mol. The van der Waals surface area contributed by atoms with Gasteiger partial charge in [-0.3, -0.25) is 4.79 Å². The van der Waals surface area contributed by atoms with Crippen molar-refractivity contribution in [1.29, 1.82) is 0 Å². The number of amides is 1. The van der Waals surface area contributed by atoms with E-state index in [1.54, 1.807) is 0 Å². The number of carbonyl (C=O) groups is 1. The van der Waals surface area contributed by atoms with Crippen molar-refractivity contribution in [2.75, 3.05) is 13.2 Å². The fourth-order valence-electron chi connectivity index (χ4n) is 1.95. The molecule has 1 saturated heterocycles. The lowest BCUT2D eigenvalue weighted by Gasteiger charge is -2.40. The molecule has 1 amide bonds. The van der Waals surface area contributed by atoms with Gasteiger partial charge >= 0.3 is 0 Å². The summed E-state index contributed by atoms with van der Waals surface area (Å²) in [5.41, 5.74) is 0. The van der Waals surface area contributed by atoms with Crippen LogP contribution in [0.1, 0.15) is 27.2 Å². The van der Waals surface area contributed by atoms with Gasteiger partial charge in [-0.1, -0.05) is 6.92 Å². The van der Waals surface area contributed by atoms with Crippen molar-refractivity contribution in [2.45, 2.75) is 57.6 Å². The molecule has 6 nitrogen and oxygen atoms in total. The standard InChI is InChI=1S/C12H23NO5/c1-4-7(2)18-12-10(5-14)17-6-9(11(12)16)13-8(3)15/h7,9-12,14,16H,4-6H2,1-3H3,(H,13,15). The van der Waals surface area contributed by atoms with Gasteiger partial charge < -0.3 is 25.0 Å². The molecule has 0 saturated carbocycles. The maximum atomic E-state index is 11.0. The van der Waals surface area contributed by atoms with Crippen LogP contribution in [0.5, 0.6) is 0 Å². The average Bonchev–Trinajstić information content (AvgIpc) is 2.33. The Morgan fingerprint density at radius 1 is 1.61 bits per heavy atom. The Kier molecular flexibility index (Phi) is 6.01. The number of rotatable bonds is 5. The number of hydrogen-bond donors (Lipinski definition) is 3. The van der Waals surface area contributed by atoms with Crippen LogP contribution in [0.3, 0.4) is 0 Å². The predicted molar refractivity (Wildman–Crippen MR) is 65.1 cm³/mol.